The Bertz CT molecular complexity index is 685. The number of aromatic nitrogens is 1. The van der Waals surface area contributed by atoms with Crippen molar-refractivity contribution >= 4 is 16.7 Å². The lowest BCUT2D eigenvalue weighted by Crippen LogP contribution is -2.49. The lowest BCUT2D eigenvalue weighted by Gasteiger charge is -2.43. The first-order valence-electron chi connectivity index (χ1n) is 6.99. The van der Waals surface area contributed by atoms with E-state index in [4.69, 9.17) is 0 Å². The molecule has 0 unspecified atom stereocenters. The topological polar surface area (TPSA) is 25.2 Å². The standard InChI is InChI=1S/C16H18N2O/c1-17-13-7-8-15(19)14(17)9-11-10-5-3-4-6-12(10)18(2)16(11)13/h3-6,13-14H,7-9H2,1-2H3/t13-,14-/m1/s1. The van der Waals surface area contributed by atoms with Crippen molar-refractivity contribution in [2.75, 3.05) is 7.05 Å². The molecule has 0 N–H and O–H groups in total. The first-order valence-corrected chi connectivity index (χ1v) is 6.99. The van der Waals surface area contributed by atoms with E-state index >= 15 is 0 Å². The minimum Gasteiger partial charge on any atom is -0.346 e. The molecule has 0 amide bonds. The van der Waals surface area contributed by atoms with Crippen LogP contribution >= 0.6 is 0 Å². The van der Waals surface area contributed by atoms with Gasteiger partial charge in [0.2, 0.25) is 0 Å². The van der Waals surface area contributed by atoms with E-state index in [1.165, 1.54) is 22.2 Å². The minimum absolute atomic E-state index is 0.0945. The van der Waals surface area contributed by atoms with Crippen molar-refractivity contribution in [3.8, 4) is 0 Å². The van der Waals surface area contributed by atoms with Gasteiger partial charge in [-0.1, -0.05) is 18.2 Å². The van der Waals surface area contributed by atoms with Gasteiger partial charge in [-0.3, -0.25) is 9.69 Å². The van der Waals surface area contributed by atoms with Gasteiger partial charge in [-0.2, -0.15) is 0 Å². The van der Waals surface area contributed by atoms with E-state index in [0.717, 1.165) is 19.3 Å². The third-order valence-electron chi connectivity index (χ3n) is 4.99. The number of hydrogen-bond donors (Lipinski definition) is 0. The zero-order chi connectivity index (χ0) is 13.1. The highest BCUT2D eigenvalue weighted by atomic mass is 16.1. The number of carbonyl (C=O) groups excluding carboxylic acids is 1. The summed E-state index contributed by atoms with van der Waals surface area (Å²) in [4.78, 5) is 14.4. The molecule has 3 nitrogen and oxygen atoms in total. The summed E-state index contributed by atoms with van der Waals surface area (Å²) in [7, 11) is 4.26. The summed E-state index contributed by atoms with van der Waals surface area (Å²) in [5.41, 5.74) is 4.12. The second-order valence-electron chi connectivity index (χ2n) is 5.85. The number of ketones is 1. The molecule has 2 atom stereocenters. The Morgan fingerprint density at radius 3 is 2.79 bits per heavy atom. The Balaban J connectivity index is 2.02. The van der Waals surface area contributed by atoms with Crippen LogP contribution in [0, 0.1) is 0 Å². The van der Waals surface area contributed by atoms with Crippen LogP contribution < -0.4 is 0 Å². The summed E-state index contributed by atoms with van der Waals surface area (Å²) in [5, 5.41) is 1.33. The molecule has 0 radical (unpaired) electrons. The second kappa shape index (κ2) is 3.70. The van der Waals surface area contributed by atoms with Crippen molar-refractivity contribution in [2.45, 2.75) is 31.3 Å². The Kier molecular flexibility index (Phi) is 2.19. The van der Waals surface area contributed by atoms with Gasteiger partial charge >= 0.3 is 0 Å². The van der Waals surface area contributed by atoms with E-state index in [1.807, 2.05) is 0 Å². The Hall–Kier alpha value is -1.61. The molecule has 0 aliphatic carbocycles. The molecule has 0 spiro atoms. The Labute approximate surface area is 112 Å². The summed E-state index contributed by atoms with van der Waals surface area (Å²) < 4.78 is 2.33. The number of Topliss-reactive ketones (excluding diaryl/α,β-unsaturated/α-hetero) is 1. The molecule has 0 saturated carbocycles. The van der Waals surface area contributed by atoms with Gasteiger partial charge in [0, 0.05) is 30.1 Å². The molecule has 4 rings (SSSR count). The summed E-state index contributed by atoms with van der Waals surface area (Å²) in [6, 6.07) is 9.06. The Morgan fingerprint density at radius 1 is 1.16 bits per heavy atom. The first-order chi connectivity index (χ1) is 9.18. The normalized spacial score (nSPS) is 26.7. The fraction of sp³-hybridized carbons (Fsp3) is 0.438. The van der Waals surface area contributed by atoms with E-state index in [0.29, 0.717) is 11.8 Å². The number of piperidine rings is 1. The van der Waals surface area contributed by atoms with Gasteiger partial charge in [0.15, 0.2) is 0 Å². The van der Waals surface area contributed by atoms with Gasteiger partial charge < -0.3 is 4.57 Å². The van der Waals surface area contributed by atoms with Crippen LogP contribution in [0.4, 0.5) is 0 Å². The quantitative estimate of drug-likeness (QED) is 0.721. The van der Waals surface area contributed by atoms with Crippen LogP contribution in [0.15, 0.2) is 24.3 Å². The number of hydrogen-bond acceptors (Lipinski definition) is 2. The average molecular weight is 254 g/mol. The number of likely N-dealkylation sites (N-methyl/N-ethyl adjacent to an activating group) is 1. The molecular formula is C16H18N2O. The van der Waals surface area contributed by atoms with Gasteiger partial charge in [0.1, 0.15) is 5.78 Å². The fourth-order valence-electron chi connectivity index (χ4n) is 4.01. The van der Waals surface area contributed by atoms with Crippen LogP contribution in [-0.2, 0) is 18.3 Å². The van der Waals surface area contributed by atoms with Crippen molar-refractivity contribution in [3.63, 3.8) is 0 Å². The van der Waals surface area contributed by atoms with Crippen LogP contribution in [0.1, 0.15) is 30.1 Å². The lowest BCUT2D eigenvalue weighted by atomic mass is 9.82. The van der Waals surface area contributed by atoms with E-state index in [-0.39, 0.29) is 6.04 Å². The van der Waals surface area contributed by atoms with E-state index in [9.17, 15) is 4.79 Å². The molecule has 2 bridgehead atoms. The predicted molar refractivity (Wildman–Crippen MR) is 75.2 cm³/mol. The van der Waals surface area contributed by atoms with Gasteiger partial charge in [-0.05, 0) is 31.5 Å². The van der Waals surface area contributed by atoms with Gasteiger partial charge in [0.25, 0.3) is 0 Å². The fourth-order valence-corrected chi connectivity index (χ4v) is 4.01. The molecule has 98 valence electrons. The Morgan fingerprint density at radius 2 is 1.95 bits per heavy atom. The third kappa shape index (κ3) is 1.34. The number of nitrogens with zero attached hydrogens (tertiary/aromatic N) is 2. The summed E-state index contributed by atoms with van der Waals surface area (Å²) in [5.74, 6) is 0.414. The van der Waals surface area contributed by atoms with Crippen LogP contribution in [-0.4, -0.2) is 28.3 Å². The maximum atomic E-state index is 12.1. The summed E-state index contributed by atoms with van der Waals surface area (Å²) >= 11 is 0. The molecule has 2 aliphatic rings. The number of para-hydroxylation sites is 1. The highest BCUT2D eigenvalue weighted by molar-refractivity contribution is 5.90. The smallest absolute Gasteiger partial charge is 0.150 e. The predicted octanol–water partition coefficient (Wildman–Crippen LogP) is 2.44. The van der Waals surface area contributed by atoms with Crippen LogP contribution in [0.2, 0.25) is 0 Å². The maximum Gasteiger partial charge on any atom is 0.150 e. The van der Waals surface area contributed by atoms with Crippen molar-refractivity contribution in [3.05, 3.63) is 35.5 Å². The largest absolute Gasteiger partial charge is 0.346 e. The zero-order valence-electron chi connectivity index (χ0n) is 11.4. The molecule has 3 heterocycles. The molecular weight excluding hydrogens is 236 g/mol. The van der Waals surface area contributed by atoms with E-state index in [2.05, 4.69) is 47.8 Å². The van der Waals surface area contributed by atoms with Crippen LogP contribution in [0.5, 0.6) is 0 Å². The maximum absolute atomic E-state index is 12.1. The van der Waals surface area contributed by atoms with Gasteiger partial charge in [-0.25, -0.2) is 0 Å². The number of carbonyl (C=O) groups is 1. The second-order valence-corrected chi connectivity index (χ2v) is 5.85. The van der Waals surface area contributed by atoms with Crippen molar-refractivity contribution in [1.29, 1.82) is 0 Å². The average Bonchev–Trinajstić information content (AvgIpc) is 2.68. The number of aryl methyl sites for hydroxylation is 1. The van der Waals surface area contributed by atoms with E-state index < -0.39 is 0 Å². The highest BCUT2D eigenvalue weighted by Crippen LogP contribution is 2.43. The number of rotatable bonds is 0. The zero-order valence-corrected chi connectivity index (χ0v) is 11.4. The van der Waals surface area contributed by atoms with Gasteiger partial charge in [-0.15, -0.1) is 0 Å². The molecule has 3 heteroatoms. The number of fused-ring (bicyclic) bond motifs is 6. The monoisotopic (exact) mass is 254 g/mol. The van der Waals surface area contributed by atoms with Crippen molar-refractivity contribution in [2.24, 2.45) is 7.05 Å². The molecule has 1 saturated heterocycles. The van der Waals surface area contributed by atoms with Crippen molar-refractivity contribution < 1.29 is 4.79 Å². The summed E-state index contributed by atoms with van der Waals surface area (Å²) in [6.07, 6.45) is 2.58. The molecule has 1 aromatic heterocycles. The highest BCUT2D eigenvalue weighted by Gasteiger charge is 2.41. The van der Waals surface area contributed by atoms with Crippen LogP contribution in [0.3, 0.4) is 0 Å². The molecule has 1 fully saturated rings. The van der Waals surface area contributed by atoms with Gasteiger partial charge in [0.05, 0.1) is 12.1 Å². The summed E-state index contributed by atoms with van der Waals surface area (Å²) in [6.45, 7) is 0. The molecule has 19 heavy (non-hydrogen) atoms. The number of benzene rings is 1. The van der Waals surface area contributed by atoms with Crippen LogP contribution in [0.25, 0.3) is 10.9 Å². The SMILES string of the molecule is CN1[C@@H]2Cc3c(n(C)c4ccccc34)[C@H]1CCC2=O. The molecule has 2 aromatic rings. The third-order valence-corrected chi connectivity index (χ3v) is 4.99. The lowest BCUT2D eigenvalue weighted by molar-refractivity contribution is -0.128. The first kappa shape index (κ1) is 11.2. The molecule has 2 aliphatic heterocycles. The molecule has 1 aromatic carbocycles. The minimum atomic E-state index is 0.0945. The van der Waals surface area contributed by atoms with Crippen molar-refractivity contribution in [1.82, 2.24) is 9.47 Å². The van der Waals surface area contributed by atoms with E-state index in [1.54, 1.807) is 0 Å².